The van der Waals surface area contributed by atoms with Gasteiger partial charge >= 0.3 is 0 Å². The zero-order valence-electron chi connectivity index (χ0n) is 11.3. The molecular formula is C15H14F2N2O2. The third kappa shape index (κ3) is 3.68. The first-order valence-electron chi connectivity index (χ1n) is 6.22. The number of halogens is 2. The van der Waals surface area contributed by atoms with E-state index in [2.05, 4.69) is 10.6 Å². The lowest BCUT2D eigenvalue weighted by molar-refractivity contribution is -0.114. The highest BCUT2D eigenvalue weighted by Gasteiger charge is 2.11. The molecule has 4 nitrogen and oxygen atoms in total. The fourth-order valence-corrected chi connectivity index (χ4v) is 1.78. The molecule has 2 aromatic rings. The highest BCUT2D eigenvalue weighted by atomic mass is 19.1. The molecule has 1 amide bonds. The Kier molecular flexibility index (Phi) is 4.71. The summed E-state index contributed by atoms with van der Waals surface area (Å²) in [5, 5.41) is 5.04. The first kappa shape index (κ1) is 14.8. The Morgan fingerprint density at radius 2 is 1.76 bits per heavy atom. The van der Waals surface area contributed by atoms with E-state index in [1.807, 2.05) is 0 Å². The summed E-state index contributed by atoms with van der Waals surface area (Å²) < 4.78 is 31.9. The molecule has 0 unspecified atom stereocenters. The van der Waals surface area contributed by atoms with E-state index in [1.54, 1.807) is 24.3 Å². The topological polar surface area (TPSA) is 50.4 Å². The summed E-state index contributed by atoms with van der Waals surface area (Å²) in [4.78, 5) is 11.8. The standard InChI is InChI=1S/C15H14F2N2O2/c1-21-13-8-3-2-7-12(13)19-14(20)9-18-15-10(16)5-4-6-11(15)17/h2-8,18H,9H2,1H3,(H,19,20). The molecule has 0 heterocycles. The minimum atomic E-state index is -0.750. The number of hydrogen-bond acceptors (Lipinski definition) is 3. The van der Waals surface area contributed by atoms with Crippen molar-refractivity contribution in [3.63, 3.8) is 0 Å². The third-order valence-electron chi connectivity index (χ3n) is 2.77. The molecule has 2 N–H and O–H groups in total. The monoisotopic (exact) mass is 292 g/mol. The zero-order chi connectivity index (χ0) is 15.2. The average Bonchev–Trinajstić information content (AvgIpc) is 2.47. The van der Waals surface area contributed by atoms with Gasteiger partial charge in [-0.15, -0.1) is 0 Å². The normalized spacial score (nSPS) is 10.0. The van der Waals surface area contributed by atoms with Gasteiger partial charge in [-0.05, 0) is 24.3 Å². The number of anilines is 2. The molecule has 6 heteroatoms. The molecule has 0 radical (unpaired) electrons. The Bertz CT molecular complexity index is 627. The van der Waals surface area contributed by atoms with Crippen LogP contribution in [-0.2, 0) is 4.79 Å². The predicted molar refractivity (Wildman–Crippen MR) is 76.5 cm³/mol. The third-order valence-corrected chi connectivity index (χ3v) is 2.77. The van der Waals surface area contributed by atoms with Crippen LogP contribution in [0.25, 0.3) is 0 Å². The fourth-order valence-electron chi connectivity index (χ4n) is 1.78. The van der Waals surface area contributed by atoms with Crippen molar-refractivity contribution in [2.24, 2.45) is 0 Å². The molecule has 0 aliphatic rings. The van der Waals surface area contributed by atoms with Gasteiger partial charge in [0.1, 0.15) is 23.1 Å². The molecule has 2 aromatic carbocycles. The van der Waals surface area contributed by atoms with Crippen molar-refractivity contribution in [2.45, 2.75) is 0 Å². The number of benzene rings is 2. The second-order valence-electron chi connectivity index (χ2n) is 4.20. The van der Waals surface area contributed by atoms with Crippen LogP contribution in [0.15, 0.2) is 42.5 Å². The largest absolute Gasteiger partial charge is 0.495 e. The van der Waals surface area contributed by atoms with Crippen molar-refractivity contribution in [3.05, 3.63) is 54.1 Å². The molecule has 0 aliphatic carbocycles. The van der Waals surface area contributed by atoms with Crippen molar-refractivity contribution in [1.82, 2.24) is 0 Å². The number of para-hydroxylation sites is 3. The summed E-state index contributed by atoms with van der Waals surface area (Å²) in [6.45, 7) is -0.268. The number of hydrogen-bond donors (Lipinski definition) is 2. The molecule has 0 saturated heterocycles. The number of amides is 1. The summed E-state index contributed by atoms with van der Waals surface area (Å²) in [6, 6.07) is 10.3. The highest BCUT2D eigenvalue weighted by molar-refractivity contribution is 5.95. The number of carbonyl (C=O) groups is 1. The van der Waals surface area contributed by atoms with Crippen LogP contribution in [-0.4, -0.2) is 19.6 Å². The Morgan fingerprint density at radius 1 is 1.10 bits per heavy atom. The van der Waals surface area contributed by atoms with E-state index >= 15 is 0 Å². The van der Waals surface area contributed by atoms with E-state index in [9.17, 15) is 13.6 Å². The van der Waals surface area contributed by atoms with Gasteiger partial charge in [-0.3, -0.25) is 4.79 Å². The quantitative estimate of drug-likeness (QED) is 0.890. The Hall–Kier alpha value is -2.63. The smallest absolute Gasteiger partial charge is 0.243 e. The maximum atomic E-state index is 13.4. The van der Waals surface area contributed by atoms with Crippen molar-refractivity contribution in [3.8, 4) is 5.75 Å². The van der Waals surface area contributed by atoms with E-state index in [0.717, 1.165) is 12.1 Å². The summed E-state index contributed by atoms with van der Waals surface area (Å²) in [6.07, 6.45) is 0. The number of methoxy groups -OCH3 is 1. The van der Waals surface area contributed by atoms with Crippen LogP contribution >= 0.6 is 0 Å². The average molecular weight is 292 g/mol. The van der Waals surface area contributed by atoms with Crippen molar-refractivity contribution in [2.75, 3.05) is 24.3 Å². The van der Waals surface area contributed by atoms with E-state index in [-0.39, 0.29) is 12.2 Å². The number of nitrogens with one attached hydrogen (secondary N) is 2. The second kappa shape index (κ2) is 6.69. The maximum absolute atomic E-state index is 13.4. The lowest BCUT2D eigenvalue weighted by atomic mass is 10.2. The molecule has 0 spiro atoms. The van der Waals surface area contributed by atoms with Gasteiger partial charge in [0.15, 0.2) is 0 Å². The first-order chi connectivity index (χ1) is 10.1. The zero-order valence-corrected chi connectivity index (χ0v) is 11.3. The Balaban J connectivity index is 1.99. The maximum Gasteiger partial charge on any atom is 0.243 e. The number of rotatable bonds is 5. The van der Waals surface area contributed by atoms with Crippen LogP contribution in [0.4, 0.5) is 20.2 Å². The molecular weight excluding hydrogens is 278 g/mol. The van der Waals surface area contributed by atoms with Gasteiger partial charge < -0.3 is 15.4 Å². The summed E-state index contributed by atoms with van der Waals surface area (Å²) in [5.41, 5.74) is 0.161. The molecule has 21 heavy (non-hydrogen) atoms. The molecule has 110 valence electrons. The number of ether oxygens (including phenoxy) is 1. The molecule has 0 aromatic heterocycles. The predicted octanol–water partition coefficient (Wildman–Crippen LogP) is 3.02. The van der Waals surface area contributed by atoms with Crippen molar-refractivity contribution >= 4 is 17.3 Å². The Morgan fingerprint density at radius 3 is 2.43 bits per heavy atom. The van der Waals surface area contributed by atoms with E-state index < -0.39 is 17.5 Å². The second-order valence-corrected chi connectivity index (χ2v) is 4.20. The van der Waals surface area contributed by atoms with E-state index in [4.69, 9.17) is 4.74 Å². The summed E-state index contributed by atoms with van der Waals surface area (Å²) >= 11 is 0. The SMILES string of the molecule is COc1ccccc1NC(=O)CNc1c(F)cccc1F. The Labute approximate surface area is 120 Å². The van der Waals surface area contributed by atoms with Crippen LogP contribution < -0.4 is 15.4 Å². The van der Waals surface area contributed by atoms with Gasteiger partial charge in [0.05, 0.1) is 19.3 Å². The van der Waals surface area contributed by atoms with Gasteiger partial charge in [-0.2, -0.15) is 0 Å². The van der Waals surface area contributed by atoms with Crippen LogP contribution in [0.5, 0.6) is 5.75 Å². The fraction of sp³-hybridized carbons (Fsp3) is 0.133. The van der Waals surface area contributed by atoms with E-state index in [1.165, 1.54) is 13.2 Å². The molecule has 2 rings (SSSR count). The van der Waals surface area contributed by atoms with Gasteiger partial charge in [0.25, 0.3) is 0 Å². The number of carbonyl (C=O) groups excluding carboxylic acids is 1. The molecule has 0 saturated carbocycles. The van der Waals surface area contributed by atoms with Crippen LogP contribution in [0.2, 0.25) is 0 Å². The lowest BCUT2D eigenvalue weighted by Crippen LogP contribution is -2.22. The molecule has 0 atom stereocenters. The van der Waals surface area contributed by atoms with Gasteiger partial charge in [-0.25, -0.2) is 8.78 Å². The van der Waals surface area contributed by atoms with Crippen molar-refractivity contribution in [1.29, 1.82) is 0 Å². The van der Waals surface area contributed by atoms with Crippen LogP contribution in [0.3, 0.4) is 0 Å². The van der Waals surface area contributed by atoms with Crippen molar-refractivity contribution < 1.29 is 18.3 Å². The van der Waals surface area contributed by atoms with Crippen LogP contribution in [0, 0.1) is 11.6 Å². The minimum absolute atomic E-state index is 0.268. The van der Waals surface area contributed by atoms with Crippen LogP contribution in [0.1, 0.15) is 0 Å². The van der Waals surface area contributed by atoms with Gasteiger partial charge in [0, 0.05) is 0 Å². The molecule has 0 fully saturated rings. The molecule has 0 aliphatic heterocycles. The van der Waals surface area contributed by atoms with E-state index in [0.29, 0.717) is 11.4 Å². The minimum Gasteiger partial charge on any atom is -0.495 e. The molecule has 0 bridgehead atoms. The van der Waals surface area contributed by atoms with Gasteiger partial charge in [0.2, 0.25) is 5.91 Å². The summed E-state index contributed by atoms with van der Waals surface area (Å²) in [7, 11) is 1.48. The van der Waals surface area contributed by atoms with Gasteiger partial charge in [-0.1, -0.05) is 18.2 Å². The highest BCUT2D eigenvalue weighted by Crippen LogP contribution is 2.23. The first-order valence-corrected chi connectivity index (χ1v) is 6.22. The summed E-state index contributed by atoms with van der Waals surface area (Å²) in [5.74, 6) is -1.44. The lowest BCUT2D eigenvalue weighted by Gasteiger charge is -2.11.